The normalized spacial score (nSPS) is 13.1. The Labute approximate surface area is 81.0 Å². The Bertz CT molecular complexity index is 293. The van der Waals surface area contributed by atoms with Crippen molar-refractivity contribution in [2.24, 2.45) is 33.0 Å². The summed E-state index contributed by atoms with van der Waals surface area (Å²) in [6, 6.07) is -1.28. The van der Waals surface area contributed by atoms with Crippen molar-refractivity contribution in [1.29, 1.82) is 0 Å². The first-order chi connectivity index (χ1) is 6.34. The first-order valence-corrected chi connectivity index (χ1v) is 4.05. The first-order valence-electron chi connectivity index (χ1n) is 2.99. The van der Waals surface area contributed by atoms with Gasteiger partial charge in [-0.05, 0) is 0 Å². The van der Waals surface area contributed by atoms with Gasteiger partial charge < -0.3 is 22.9 Å². The highest BCUT2D eigenvalue weighted by Gasteiger charge is 2.15. The Hall–Kier alpha value is -1.88. The summed E-state index contributed by atoms with van der Waals surface area (Å²) in [6.07, 6.45) is 0. The van der Waals surface area contributed by atoms with E-state index < -0.39 is 29.2 Å². The number of aliphatic imine (C=N–C) groups is 1. The SMILES string of the molecule is NC(=O)N(N=C(N)N=C(N)N)S(=O)O. The van der Waals surface area contributed by atoms with Crippen LogP contribution in [0.25, 0.3) is 0 Å². The van der Waals surface area contributed by atoms with Crippen LogP contribution in [0, 0.1) is 0 Å². The lowest BCUT2D eigenvalue weighted by atomic mass is 10.9. The molecule has 0 saturated carbocycles. The lowest BCUT2D eigenvalue weighted by molar-refractivity contribution is 0.232. The van der Waals surface area contributed by atoms with E-state index in [0.717, 1.165) is 0 Å². The van der Waals surface area contributed by atoms with E-state index in [4.69, 9.17) is 21.8 Å². The molecule has 0 aliphatic carbocycles. The second kappa shape index (κ2) is 4.98. The predicted octanol–water partition coefficient (Wildman–Crippen LogP) is -2.99. The Morgan fingerprint density at radius 2 is 1.79 bits per heavy atom. The molecule has 2 amide bonds. The largest absolute Gasteiger partial charge is 0.370 e. The van der Waals surface area contributed by atoms with Crippen molar-refractivity contribution in [2.75, 3.05) is 0 Å². The molecule has 10 nitrogen and oxygen atoms in total. The van der Waals surface area contributed by atoms with Gasteiger partial charge in [0.15, 0.2) is 5.96 Å². The Morgan fingerprint density at radius 3 is 2.07 bits per heavy atom. The van der Waals surface area contributed by atoms with Gasteiger partial charge in [-0.3, -0.25) is 4.55 Å². The molecule has 80 valence electrons. The molecule has 9 N–H and O–H groups in total. The molecule has 0 bridgehead atoms. The Morgan fingerprint density at radius 1 is 1.29 bits per heavy atom. The molecule has 0 radical (unpaired) electrons. The number of hydrazone groups is 1. The predicted molar refractivity (Wildman–Crippen MR) is 49.6 cm³/mol. The monoisotopic (exact) mass is 223 g/mol. The molecule has 0 saturated heterocycles. The molecule has 0 aliphatic rings. The van der Waals surface area contributed by atoms with Crippen molar-refractivity contribution in [3.8, 4) is 0 Å². The lowest BCUT2D eigenvalue weighted by Crippen LogP contribution is -2.35. The second-order valence-corrected chi connectivity index (χ2v) is 2.64. The fourth-order valence-corrected chi connectivity index (χ4v) is 0.716. The summed E-state index contributed by atoms with van der Waals surface area (Å²) in [5.74, 6) is -0.995. The number of rotatable bonds is 2. The standard InChI is InChI=1S/C3H9N7O3S/c4-1(5)8-2(6)9-10(3(7)11)14(12)13/h(H2,7,11)(H,12,13)(H6,4,5,6,8,9). The van der Waals surface area contributed by atoms with Gasteiger partial charge in [0.1, 0.15) is 0 Å². The van der Waals surface area contributed by atoms with Gasteiger partial charge >= 0.3 is 6.03 Å². The number of primary amides is 1. The molecule has 1 unspecified atom stereocenters. The van der Waals surface area contributed by atoms with Gasteiger partial charge in [0.2, 0.25) is 5.96 Å². The van der Waals surface area contributed by atoms with Crippen LogP contribution in [0.2, 0.25) is 0 Å². The number of nitrogens with zero attached hydrogens (tertiary/aromatic N) is 3. The van der Waals surface area contributed by atoms with Gasteiger partial charge in [0.05, 0.1) is 0 Å². The highest BCUT2D eigenvalue weighted by Crippen LogP contribution is 1.92. The summed E-state index contributed by atoms with van der Waals surface area (Å²) in [5, 5.41) is 3.07. The molecule has 11 heteroatoms. The van der Waals surface area contributed by atoms with Gasteiger partial charge in [0, 0.05) is 0 Å². The molecular formula is C3H9N7O3S. The van der Waals surface area contributed by atoms with E-state index in [1.54, 1.807) is 0 Å². The molecule has 14 heavy (non-hydrogen) atoms. The van der Waals surface area contributed by atoms with Gasteiger partial charge in [0.25, 0.3) is 11.3 Å². The van der Waals surface area contributed by atoms with Crippen LogP contribution < -0.4 is 22.9 Å². The Kier molecular flexibility index (Phi) is 4.31. The highest BCUT2D eigenvalue weighted by atomic mass is 32.2. The lowest BCUT2D eigenvalue weighted by Gasteiger charge is -2.07. The average Bonchev–Trinajstić information content (AvgIpc) is 1.97. The molecule has 0 heterocycles. The van der Waals surface area contributed by atoms with Crippen LogP contribution in [0.4, 0.5) is 4.79 Å². The number of hydrogen-bond acceptors (Lipinski definition) is 3. The van der Waals surface area contributed by atoms with E-state index in [9.17, 15) is 9.00 Å². The van der Waals surface area contributed by atoms with E-state index in [1.165, 1.54) is 0 Å². The van der Waals surface area contributed by atoms with E-state index in [2.05, 4.69) is 15.8 Å². The van der Waals surface area contributed by atoms with Crippen molar-refractivity contribution in [1.82, 2.24) is 4.41 Å². The third-order valence-electron chi connectivity index (χ3n) is 0.773. The second-order valence-electron chi connectivity index (χ2n) is 1.84. The van der Waals surface area contributed by atoms with Crippen molar-refractivity contribution < 1.29 is 13.6 Å². The fraction of sp³-hybridized carbons (Fsp3) is 0. The summed E-state index contributed by atoms with van der Waals surface area (Å²) < 4.78 is 18.9. The van der Waals surface area contributed by atoms with Crippen LogP contribution in [-0.2, 0) is 11.3 Å². The summed E-state index contributed by atoms with van der Waals surface area (Å²) in [7, 11) is 0. The zero-order valence-corrected chi connectivity index (χ0v) is 7.64. The van der Waals surface area contributed by atoms with Crippen LogP contribution >= 0.6 is 0 Å². The zero-order chi connectivity index (χ0) is 11.3. The number of guanidine groups is 2. The van der Waals surface area contributed by atoms with Crippen LogP contribution in [0.3, 0.4) is 0 Å². The number of carbonyl (C=O) groups excluding carboxylic acids is 1. The number of hydrogen-bond donors (Lipinski definition) is 5. The molecule has 1 atom stereocenters. The van der Waals surface area contributed by atoms with Crippen LogP contribution in [-0.4, -0.2) is 31.1 Å². The summed E-state index contributed by atoms with van der Waals surface area (Å²) >= 11 is -2.73. The van der Waals surface area contributed by atoms with Gasteiger partial charge in [-0.25, -0.2) is 9.00 Å². The molecule has 0 aliphatic heterocycles. The average molecular weight is 223 g/mol. The van der Waals surface area contributed by atoms with Gasteiger partial charge in [-0.1, -0.05) is 4.41 Å². The van der Waals surface area contributed by atoms with E-state index in [0.29, 0.717) is 0 Å². The number of urea groups is 1. The zero-order valence-electron chi connectivity index (χ0n) is 6.82. The fourth-order valence-electron chi connectivity index (χ4n) is 0.409. The smallest absolute Gasteiger partial charge is 0.349 e. The maximum Gasteiger partial charge on any atom is 0.349 e. The Balaban J connectivity index is 4.82. The quantitative estimate of drug-likeness (QED) is 0.143. The van der Waals surface area contributed by atoms with Crippen LogP contribution in [0.5, 0.6) is 0 Å². The molecule has 0 fully saturated rings. The highest BCUT2D eigenvalue weighted by molar-refractivity contribution is 7.77. The third kappa shape index (κ3) is 4.22. The first kappa shape index (κ1) is 12.1. The van der Waals surface area contributed by atoms with Crippen molar-refractivity contribution in [2.45, 2.75) is 0 Å². The third-order valence-corrected chi connectivity index (χ3v) is 1.33. The van der Waals surface area contributed by atoms with E-state index >= 15 is 0 Å². The van der Waals surface area contributed by atoms with Crippen molar-refractivity contribution in [3.05, 3.63) is 0 Å². The molecule has 0 rings (SSSR count). The number of amides is 2. The maximum absolute atomic E-state index is 10.5. The van der Waals surface area contributed by atoms with E-state index in [1.807, 2.05) is 0 Å². The minimum atomic E-state index is -2.73. The number of nitrogens with two attached hydrogens (primary N) is 4. The molecule has 0 aromatic rings. The molecule has 0 aromatic heterocycles. The van der Waals surface area contributed by atoms with Crippen molar-refractivity contribution in [3.63, 3.8) is 0 Å². The van der Waals surface area contributed by atoms with Gasteiger partial charge in [-0.2, -0.15) is 4.99 Å². The topological polar surface area (TPSA) is 186 Å². The van der Waals surface area contributed by atoms with Crippen LogP contribution in [0.15, 0.2) is 10.1 Å². The summed E-state index contributed by atoms with van der Waals surface area (Å²) in [4.78, 5) is 13.7. The maximum atomic E-state index is 10.5. The minimum absolute atomic E-state index is 0.00176. The molecule has 0 spiro atoms. The van der Waals surface area contributed by atoms with Crippen molar-refractivity contribution >= 4 is 29.2 Å². The minimum Gasteiger partial charge on any atom is -0.370 e. The van der Waals surface area contributed by atoms with E-state index in [-0.39, 0.29) is 4.41 Å². The molecular weight excluding hydrogens is 214 g/mol. The van der Waals surface area contributed by atoms with Crippen LogP contribution in [0.1, 0.15) is 0 Å². The number of carbonyl (C=O) groups is 1. The summed E-state index contributed by atoms with van der Waals surface area (Å²) in [6.45, 7) is 0. The summed E-state index contributed by atoms with van der Waals surface area (Å²) in [5.41, 5.74) is 19.6. The molecule has 0 aromatic carbocycles. The van der Waals surface area contributed by atoms with Gasteiger partial charge in [-0.15, -0.1) is 5.10 Å².